The second kappa shape index (κ2) is 4.29. The first-order valence-corrected chi connectivity index (χ1v) is 5.18. The van der Waals surface area contributed by atoms with E-state index in [1.54, 1.807) is 30.3 Å². The lowest BCUT2D eigenvalue weighted by molar-refractivity contribution is 0.213. The van der Waals surface area contributed by atoms with Crippen LogP contribution in [0.2, 0.25) is 0 Å². The third-order valence-corrected chi connectivity index (χ3v) is 2.60. The van der Waals surface area contributed by atoms with E-state index in [1.807, 2.05) is 0 Å². The maximum absolute atomic E-state index is 11.6. The van der Waals surface area contributed by atoms with Crippen LogP contribution in [-0.2, 0) is 0 Å². The van der Waals surface area contributed by atoms with Crippen molar-refractivity contribution in [2.75, 3.05) is 6.54 Å². The highest BCUT2D eigenvalue weighted by Crippen LogP contribution is 2.27. The lowest BCUT2D eigenvalue weighted by atomic mass is 10.1. The number of rotatable bonds is 3. The molecule has 2 rings (SSSR count). The Morgan fingerprint density at radius 3 is 2.71 bits per heavy atom. The van der Waals surface area contributed by atoms with Gasteiger partial charge >= 0.3 is 6.03 Å². The molecule has 1 aliphatic rings. The van der Waals surface area contributed by atoms with Crippen molar-refractivity contribution in [3.63, 3.8) is 0 Å². The van der Waals surface area contributed by atoms with Gasteiger partial charge in [0.1, 0.15) is 17.6 Å². The van der Waals surface area contributed by atoms with Crippen LogP contribution in [0.4, 0.5) is 4.79 Å². The summed E-state index contributed by atoms with van der Waals surface area (Å²) in [6.07, 6.45) is 1.62. The van der Waals surface area contributed by atoms with Gasteiger partial charge in [-0.2, -0.15) is 4.99 Å². The minimum absolute atomic E-state index is 0.170. The minimum Gasteiger partial charge on any atom is -0.508 e. The van der Waals surface area contributed by atoms with Crippen LogP contribution in [0.15, 0.2) is 41.9 Å². The molecule has 88 valence electrons. The van der Waals surface area contributed by atoms with Crippen LogP contribution in [0.25, 0.3) is 0 Å². The molecule has 1 atom stereocenters. The van der Waals surface area contributed by atoms with Crippen molar-refractivity contribution in [3.05, 3.63) is 42.5 Å². The van der Waals surface area contributed by atoms with Crippen molar-refractivity contribution in [2.24, 2.45) is 10.7 Å². The van der Waals surface area contributed by atoms with Crippen LogP contribution >= 0.6 is 0 Å². The Kier molecular flexibility index (Phi) is 2.82. The van der Waals surface area contributed by atoms with Gasteiger partial charge in [0.05, 0.1) is 0 Å². The molecule has 0 fully saturated rings. The normalized spacial score (nSPS) is 19.3. The number of amides is 2. The Hall–Kier alpha value is -2.30. The quantitative estimate of drug-likeness (QED) is 0.772. The fourth-order valence-electron chi connectivity index (χ4n) is 1.84. The Morgan fingerprint density at radius 2 is 2.12 bits per heavy atom. The second-order valence-corrected chi connectivity index (χ2v) is 3.75. The van der Waals surface area contributed by atoms with Gasteiger partial charge < -0.3 is 15.7 Å². The van der Waals surface area contributed by atoms with E-state index in [4.69, 9.17) is 5.73 Å². The van der Waals surface area contributed by atoms with Crippen molar-refractivity contribution in [1.29, 1.82) is 0 Å². The van der Waals surface area contributed by atoms with Crippen LogP contribution < -0.4 is 5.73 Å². The number of amidine groups is 1. The molecular formula is C12H13N3O2. The first kappa shape index (κ1) is 11.2. The van der Waals surface area contributed by atoms with Crippen LogP contribution in [0, 0.1) is 0 Å². The number of hydrogen-bond donors (Lipinski definition) is 2. The fourth-order valence-corrected chi connectivity index (χ4v) is 1.84. The van der Waals surface area contributed by atoms with Crippen molar-refractivity contribution >= 4 is 11.9 Å². The Bertz CT molecular complexity index is 479. The van der Waals surface area contributed by atoms with Gasteiger partial charge in [0.15, 0.2) is 0 Å². The molecule has 0 radical (unpaired) electrons. The first-order valence-electron chi connectivity index (χ1n) is 5.18. The molecule has 0 aliphatic carbocycles. The van der Waals surface area contributed by atoms with E-state index in [-0.39, 0.29) is 23.7 Å². The van der Waals surface area contributed by atoms with E-state index in [0.29, 0.717) is 6.54 Å². The van der Waals surface area contributed by atoms with E-state index in [0.717, 1.165) is 5.56 Å². The number of nitrogens with two attached hydrogens (primary N) is 1. The standard InChI is InChI=1S/C12H13N3O2/c1-2-7-15-10(11(13)14-12(15)17)8-3-5-9(16)6-4-8/h2-6,10,16H,1,7H2,(H2,13,14,17). The zero-order chi connectivity index (χ0) is 12.4. The Morgan fingerprint density at radius 1 is 1.47 bits per heavy atom. The molecule has 0 aromatic heterocycles. The molecule has 17 heavy (non-hydrogen) atoms. The molecule has 0 saturated carbocycles. The SMILES string of the molecule is C=CCN1C(=O)N=C(N)C1c1ccc(O)cc1. The van der Waals surface area contributed by atoms with Crippen molar-refractivity contribution in [1.82, 2.24) is 4.90 Å². The molecule has 3 N–H and O–H groups in total. The van der Waals surface area contributed by atoms with Gasteiger partial charge in [0, 0.05) is 6.54 Å². The predicted octanol–water partition coefficient (Wildman–Crippen LogP) is 1.41. The summed E-state index contributed by atoms with van der Waals surface area (Å²) in [6.45, 7) is 3.98. The van der Waals surface area contributed by atoms with Crippen LogP contribution in [0.5, 0.6) is 5.75 Å². The summed E-state index contributed by atoms with van der Waals surface area (Å²) >= 11 is 0. The Balaban J connectivity index is 2.35. The average molecular weight is 231 g/mol. The molecule has 0 saturated heterocycles. The number of aliphatic imine (C=N–C) groups is 1. The fraction of sp³-hybridized carbons (Fsp3) is 0.167. The van der Waals surface area contributed by atoms with Gasteiger partial charge in [-0.3, -0.25) is 0 Å². The van der Waals surface area contributed by atoms with Crippen LogP contribution in [0.3, 0.4) is 0 Å². The van der Waals surface area contributed by atoms with E-state index in [1.165, 1.54) is 4.90 Å². The van der Waals surface area contributed by atoms with Gasteiger partial charge in [0.25, 0.3) is 0 Å². The lowest BCUT2D eigenvalue weighted by Crippen LogP contribution is -2.33. The smallest absolute Gasteiger partial charge is 0.346 e. The maximum atomic E-state index is 11.6. The van der Waals surface area contributed by atoms with E-state index in [9.17, 15) is 9.90 Å². The largest absolute Gasteiger partial charge is 0.508 e. The summed E-state index contributed by atoms with van der Waals surface area (Å²) in [7, 11) is 0. The van der Waals surface area contributed by atoms with Crippen LogP contribution in [0.1, 0.15) is 11.6 Å². The Labute approximate surface area is 98.9 Å². The molecule has 5 heteroatoms. The molecule has 1 aromatic carbocycles. The molecule has 5 nitrogen and oxygen atoms in total. The highest BCUT2D eigenvalue weighted by atomic mass is 16.3. The molecule has 0 bridgehead atoms. The molecule has 1 unspecified atom stereocenters. The highest BCUT2D eigenvalue weighted by molar-refractivity contribution is 6.03. The van der Waals surface area contributed by atoms with E-state index < -0.39 is 0 Å². The maximum Gasteiger partial charge on any atom is 0.346 e. The monoisotopic (exact) mass is 231 g/mol. The van der Waals surface area contributed by atoms with Gasteiger partial charge in [-0.15, -0.1) is 6.58 Å². The number of urea groups is 1. The van der Waals surface area contributed by atoms with Gasteiger partial charge in [-0.1, -0.05) is 18.2 Å². The molecule has 1 aliphatic heterocycles. The molecular weight excluding hydrogens is 218 g/mol. The van der Waals surface area contributed by atoms with Gasteiger partial charge in [0.2, 0.25) is 0 Å². The zero-order valence-electron chi connectivity index (χ0n) is 9.21. The van der Waals surface area contributed by atoms with E-state index >= 15 is 0 Å². The molecule has 0 spiro atoms. The summed E-state index contributed by atoms with van der Waals surface area (Å²) in [6, 6.07) is 5.81. The predicted molar refractivity (Wildman–Crippen MR) is 64.8 cm³/mol. The number of carbonyl (C=O) groups excluding carboxylic acids is 1. The number of hydrogen-bond acceptors (Lipinski definition) is 3. The summed E-state index contributed by atoms with van der Waals surface area (Å²) in [5.74, 6) is 0.436. The number of phenolic OH excluding ortho intramolecular Hbond substituents is 1. The highest BCUT2D eigenvalue weighted by Gasteiger charge is 2.33. The number of phenols is 1. The number of aromatic hydroxyl groups is 1. The summed E-state index contributed by atoms with van der Waals surface area (Å²) in [5.41, 5.74) is 6.57. The third kappa shape index (κ3) is 1.99. The first-order chi connectivity index (χ1) is 8.13. The summed E-state index contributed by atoms with van der Waals surface area (Å²) in [4.78, 5) is 16.8. The van der Waals surface area contributed by atoms with Gasteiger partial charge in [-0.25, -0.2) is 4.79 Å². The number of benzene rings is 1. The number of carbonyl (C=O) groups is 1. The summed E-state index contributed by atoms with van der Waals surface area (Å²) in [5, 5.41) is 9.23. The third-order valence-electron chi connectivity index (χ3n) is 2.60. The minimum atomic E-state index is -0.374. The summed E-state index contributed by atoms with van der Waals surface area (Å²) < 4.78 is 0. The van der Waals surface area contributed by atoms with Crippen LogP contribution in [-0.4, -0.2) is 28.4 Å². The topological polar surface area (TPSA) is 78.9 Å². The van der Waals surface area contributed by atoms with Crippen molar-refractivity contribution < 1.29 is 9.90 Å². The average Bonchev–Trinajstić information content (AvgIpc) is 2.56. The van der Waals surface area contributed by atoms with Crippen molar-refractivity contribution in [3.8, 4) is 5.75 Å². The van der Waals surface area contributed by atoms with Crippen molar-refractivity contribution in [2.45, 2.75) is 6.04 Å². The molecule has 1 aromatic rings. The zero-order valence-corrected chi connectivity index (χ0v) is 9.21. The molecule has 2 amide bonds. The number of nitrogens with zero attached hydrogens (tertiary/aromatic N) is 2. The van der Waals surface area contributed by atoms with E-state index in [2.05, 4.69) is 11.6 Å². The lowest BCUT2D eigenvalue weighted by Gasteiger charge is -2.23. The molecule has 1 heterocycles. The van der Waals surface area contributed by atoms with Gasteiger partial charge in [-0.05, 0) is 17.7 Å². The second-order valence-electron chi connectivity index (χ2n) is 3.75.